The minimum absolute atomic E-state index is 0.0716. The maximum Gasteiger partial charge on any atom is 0.308 e. The van der Waals surface area contributed by atoms with Gasteiger partial charge in [-0.1, -0.05) is 53.3 Å². The molecular formula is C26H23ClN4OS3. The molecule has 7 rings (SSSR count). The highest BCUT2D eigenvalue weighted by Gasteiger charge is 2.55. The molecule has 0 amide bonds. The number of nitrogens with one attached hydrogen (secondary N) is 1. The zero-order chi connectivity index (χ0) is 23.7. The Labute approximate surface area is 221 Å². The van der Waals surface area contributed by atoms with Crippen LogP contribution in [0.25, 0.3) is 5.69 Å². The number of nitrogens with zero attached hydrogens (tertiary/aromatic N) is 3. The molecule has 1 N–H and O–H groups in total. The van der Waals surface area contributed by atoms with Crippen molar-refractivity contribution < 1.29 is 0 Å². The second-order valence-corrected chi connectivity index (χ2v) is 12.7. The van der Waals surface area contributed by atoms with E-state index in [1.807, 2.05) is 63.4 Å². The molecule has 0 radical (unpaired) electrons. The van der Waals surface area contributed by atoms with Crippen LogP contribution in [0, 0.1) is 22.5 Å². The van der Waals surface area contributed by atoms with Crippen molar-refractivity contribution in [1.29, 1.82) is 0 Å². The Morgan fingerprint density at radius 3 is 2.66 bits per heavy atom. The van der Waals surface area contributed by atoms with E-state index >= 15 is 0 Å². The van der Waals surface area contributed by atoms with Crippen molar-refractivity contribution in [2.75, 3.05) is 0 Å². The van der Waals surface area contributed by atoms with Crippen LogP contribution in [0.3, 0.4) is 0 Å². The first kappa shape index (κ1) is 22.1. The molecule has 3 heterocycles. The van der Waals surface area contributed by atoms with Gasteiger partial charge in [0.25, 0.3) is 0 Å². The molecule has 0 spiro atoms. The molecule has 0 unspecified atom stereocenters. The van der Waals surface area contributed by atoms with E-state index in [0.717, 1.165) is 33.4 Å². The number of aromatic amines is 1. The molecule has 35 heavy (non-hydrogen) atoms. The fraction of sp³-hybridized carbons (Fsp3) is 0.346. The molecule has 0 saturated heterocycles. The quantitative estimate of drug-likeness (QED) is 0.301. The van der Waals surface area contributed by atoms with Crippen LogP contribution in [-0.4, -0.2) is 24.6 Å². The van der Waals surface area contributed by atoms with Crippen LogP contribution in [0.5, 0.6) is 0 Å². The van der Waals surface area contributed by atoms with Gasteiger partial charge in [0, 0.05) is 26.8 Å². The second kappa shape index (κ2) is 8.47. The number of H-pyrrole nitrogens is 1. The van der Waals surface area contributed by atoms with Crippen LogP contribution in [0.15, 0.2) is 64.4 Å². The van der Waals surface area contributed by atoms with Crippen molar-refractivity contribution in [3.05, 3.63) is 90.3 Å². The molecule has 1 aliphatic heterocycles. The van der Waals surface area contributed by atoms with Gasteiger partial charge in [0.2, 0.25) is 0 Å². The largest absolute Gasteiger partial charge is 0.308 e. The van der Waals surface area contributed by atoms with Gasteiger partial charge in [0.15, 0.2) is 10.6 Å². The zero-order valence-electron chi connectivity index (χ0n) is 18.8. The van der Waals surface area contributed by atoms with Gasteiger partial charge in [-0.25, -0.2) is 0 Å². The molecule has 2 aromatic heterocycles. The third-order valence-corrected chi connectivity index (χ3v) is 11.3. The number of benzene rings is 2. The molecule has 3 aliphatic rings. The van der Waals surface area contributed by atoms with Crippen LogP contribution >= 0.6 is 46.9 Å². The molecule has 5 nitrogen and oxygen atoms in total. The maximum atomic E-state index is 13.5. The van der Waals surface area contributed by atoms with E-state index in [4.69, 9.17) is 23.8 Å². The first-order valence-corrected chi connectivity index (χ1v) is 14.4. The van der Waals surface area contributed by atoms with Gasteiger partial charge in [-0.3, -0.25) is 19.0 Å². The Hall–Kier alpha value is -2.13. The molecule has 2 bridgehead atoms. The van der Waals surface area contributed by atoms with E-state index in [2.05, 4.69) is 22.3 Å². The molecule has 2 fully saturated rings. The van der Waals surface area contributed by atoms with E-state index in [9.17, 15) is 4.79 Å². The summed E-state index contributed by atoms with van der Waals surface area (Å²) in [6.07, 6.45) is 3.94. The predicted octanol–water partition coefficient (Wildman–Crippen LogP) is 6.51. The Morgan fingerprint density at radius 1 is 1.09 bits per heavy atom. The fourth-order valence-electron chi connectivity index (χ4n) is 6.55. The van der Waals surface area contributed by atoms with Gasteiger partial charge in [-0.15, -0.1) is 11.8 Å². The summed E-state index contributed by atoms with van der Waals surface area (Å²) in [7, 11) is 0. The normalized spacial score (nSPS) is 26.6. The van der Waals surface area contributed by atoms with Crippen molar-refractivity contribution >= 4 is 46.9 Å². The van der Waals surface area contributed by atoms with Gasteiger partial charge in [0.1, 0.15) is 0 Å². The third kappa shape index (κ3) is 3.52. The van der Waals surface area contributed by atoms with Crippen LogP contribution in [0.4, 0.5) is 0 Å². The molecule has 2 aliphatic carbocycles. The predicted molar refractivity (Wildman–Crippen MR) is 144 cm³/mol. The summed E-state index contributed by atoms with van der Waals surface area (Å²) in [5.74, 6) is 3.05. The number of fused-ring (bicyclic) bond motifs is 6. The Kier molecular flexibility index (Phi) is 5.35. The van der Waals surface area contributed by atoms with Gasteiger partial charge < -0.3 is 0 Å². The van der Waals surface area contributed by atoms with Crippen LogP contribution in [0.2, 0.25) is 5.02 Å². The van der Waals surface area contributed by atoms with E-state index in [0.29, 0.717) is 22.5 Å². The number of para-hydroxylation sites is 1. The fourth-order valence-corrected chi connectivity index (χ4v) is 10.1. The number of rotatable bonds is 4. The van der Waals surface area contributed by atoms with Gasteiger partial charge in [-0.2, -0.15) is 5.10 Å². The van der Waals surface area contributed by atoms with Gasteiger partial charge in [0.05, 0.1) is 11.6 Å². The lowest BCUT2D eigenvalue weighted by Gasteiger charge is -2.40. The lowest BCUT2D eigenvalue weighted by atomic mass is 9.75. The van der Waals surface area contributed by atoms with E-state index < -0.39 is 0 Å². The number of thiazole rings is 1. The Bertz CT molecular complexity index is 1520. The number of hydrogen-bond acceptors (Lipinski definition) is 5. The molecule has 178 valence electrons. The highest BCUT2D eigenvalue weighted by atomic mass is 35.5. The first-order chi connectivity index (χ1) is 17.1. The van der Waals surface area contributed by atoms with Crippen LogP contribution in [0.1, 0.15) is 41.4 Å². The number of halogens is 1. The number of thioether (sulfide) groups is 1. The van der Waals surface area contributed by atoms with E-state index in [1.165, 1.54) is 41.0 Å². The van der Waals surface area contributed by atoms with Crippen molar-refractivity contribution in [3.8, 4) is 5.69 Å². The molecule has 5 atom stereocenters. The summed E-state index contributed by atoms with van der Waals surface area (Å²) in [4.78, 5) is 14.7. The number of aromatic nitrogens is 4. The maximum absolute atomic E-state index is 13.5. The minimum atomic E-state index is 0.0716. The Balaban J connectivity index is 1.35. The average molecular weight is 539 g/mol. The van der Waals surface area contributed by atoms with Crippen molar-refractivity contribution in [1.82, 2.24) is 19.3 Å². The van der Waals surface area contributed by atoms with E-state index in [-0.39, 0.29) is 10.8 Å². The highest BCUT2D eigenvalue weighted by Crippen LogP contribution is 2.64. The lowest BCUT2D eigenvalue weighted by Crippen LogP contribution is -2.34. The Morgan fingerprint density at radius 2 is 1.86 bits per heavy atom. The van der Waals surface area contributed by atoms with Crippen molar-refractivity contribution in [3.63, 3.8) is 0 Å². The monoisotopic (exact) mass is 538 g/mol. The summed E-state index contributed by atoms with van der Waals surface area (Å²) >= 11 is 15.1. The van der Waals surface area contributed by atoms with Gasteiger partial charge in [-0.05, 0) is 79.1 Å². The molecule has 4 aromatic rings. The summed E-state index contributed by atoms with van der Waals surface area (Å²) in [5, 5.41) is 9.86. The summed E-state index contributed by atoms with van der Waals surface area (Å²) in [6.45, 7) is 0.387. The molecule has 2 aromatic carbocycles. The molecule has 2 saturated carbocycles. The lowest BCUT2D eigenvalue weighted by molar-refractivity contribution is 0.306. The summed E-state index contributed by atoms with van der Waals surface area (Å²) < 4.78 is 4.39. The molecule has 9 heteroatoms. The smallest absolute Gasteiger partial charge is 0.286 e. The summed E-state index contributed by atoms with van der Waals surface area (Å²) in [6, 6.07) is 18.2. The molecular weight excluding hydrogens is 516 g/mol. The van der Waals surface area contributed by atoms with Crippen molar-refractivity contribution in [2.45, 2.75) is 42.0 Å². The summed E-state index contributed by atoms with van der Waals surface area (Å²) in [5.41, 5.74) is 2.22. The third-order valence-electron chi connectivity index (χ3n) is 7.98. The standard InChI is InChI=1S/C26H23ClN4OS3/c27-17-10-8-14(9-11-17)20-21-15-6-7-16(12-15)22(21)34-24-23(20)35-26(32)30(24)13-19-28-29-25(33)31(19)18-4-2-1-3-5-18/h1-5,8-11,15-16,20-22H,6-7,12-13H2,(H,29,33)/t15-,16-,20+,21-,22+/m0/s1. The minimum Gasteiger partial charge on any atom is -0.286 e. The SMILES string of the molecule is O=c1sc2c(n1Cc1n[nH]c(=S)n1-c1ccccc1)S[C@@H]1[C@H]3CC[C@@H](C3)[C@H]1[C@H]2c1ccc(Cl)cc1. The highest BCUT2D eigenvalue weighted by molar-refractivity contribution is 8.00. The number of hydrogen-bond donors (Lipinski definition) is 1. The van der Waals surface area contributed by atoms with Crippen LogP contribution < -0.4 is 4.87 Å². The van der Waals surface area contributed by atoms with E-state index in [1.54, 1.807) is 0 Å². The first-order valence-electron chi connectivity index (χ1n) is 12.0. The topological polar surface area (TPSA) is 55.6 Å². The van der Waals surface area contributed by atoms with Gasteiger partial charge >= 0.3 is 4.87 Å². The van der Waals surface area contributed by atoms with Crippen molar-refractivity contribution in [2.24, 2.45) is 17.8 Å². The average Bonchev–Trinajstić information content (AvgIpc) is 3.64. The second-order valence-electron chi connectivity index (χ2n) is 9.76. The zero-order valence-corrected chi connectivity index (χ0v) is 22.0. The van der Waals surface area contributed by atoms with Crippen LogP contribution in [-0.2, 0) is 6.54 Å².